The first-order chi connectivity index (χ1) is 13.6. The summed E-state index contributed by atoms with van der Waals surface area (Å²) >= 11 is 1.46. The van der Waals surface area contributed by atoms with Gasteiger partial charge in [0.2, 0.25) is 0 Å². The third-order valence-electron chi connectivity index (χ3n) is 4.42. The minimum atomic E-state index is -3.14. The van der Waals surface area contributed by atoms with E-state index in [1.165, 1.54) is 11.3 Å². The molecule has 140 valence electrons. The van der Waals surface area contributed by atoms with Gasteiger partial charge in [0.1, 0.15) is 9.73 Å². The molecule has 1 heterocycles. The first kappa shape index (κ1) is 18.4. The van der Waals surface area contributed by atoms with E-state index in [4.69, 9.17) is 0 Å². The lowest BCUT2D eigenvalue weighted by atomic mass is 10.1. The lowest BCUT2D eigenvalue weighted by molar-refractivity contribution is -0.138. The van der Waals surface area contributed by atoms with E-state index in [9.17, 15) is 14.1 Å². The Morgan fingerprint density at radius 3 is 1.96 bits per heavy atom. The molecule has 1 atom stereocenters. The van der Waals surface area contributed by atoms with Gasteiger partial charge in [-0.3, -0.25) is 0 Å². The van der Waals surface area contributed by atoms with Gasteiger partial charge in [0.15, 0.2) is 6.04 Å². The topological polar surface area (TPSA) is 66.7 Å². The molecule has 0 aliphatic rings. The summed E-state index contributed by atoms with van der Waals surface area (Å²) < 4.78 is 19.6. The Morgan fingerprint density at radius 1 is 0.857 bits per heavy atom. The molecule has 0 aliphatic heterocycles. The average Bonchev–Trinajstić information content (AvgIpc) is 3.17. The summed E-state index contributed by atoms with van der Waals surface area (Å²) in [5.74, 6) is -1.12. The Kier molecular flexibility index (Phi) is 4.98. The summed E-state index contributed by atoms with van der Waals surface area (Å²) in [6.07, 6.45) is 0. The van der Waals surface area contributed by atoms with Gasteiger partial charge in [-0.25, -0.2) is 13.4 Å². The Labute approximate surface area is 167 Å². The van der Waals surface area contributed by atoms with E-state index in [0.717, 1.165) is 10.1 Å². The highest BCUT2D eigenvalue weighted by molar-refractivity contribution is 7.93. The van der Waals surface area contributed by atoms with E-state index in [2.05, 4.69) is 4.36 Å². The van der Waals surface area contributed by atoms with E-state index < -0.39 is 21.7 Å². The summed E-state index contributed by atoms with van der Waals surface area (Å²) in [7, 11) is -3.14. The van der Waals surface area contributed by atoms with Crippen LogP contribution in [-0.4, -0.2) is 15.3 Å². The summed E-state index contributed by atoms with van der Waals surface area (Å²) in [6, 6.07) is 24.0. The van der Waals surface area contributed by atoms with Crippen molar-refractivity contribution in [3.05, 3.63) is 95.9 Å². The molecule has 6 heteroatoms. The van der Waals surface area contributed by atoms with Crippen LogP contribution in [0.5, 0.6) is 0 Å². The van der Waals surface area contributed by atoms with Crippen LogP contribution >= 0.6 is 11.3 Å². The van der Waals surface area contributed by atoms with Gasteiger partial charge in [-0.1, -0.05) is 54.6 Å². The number of aliphatic carboxylic acids is 1. The van der Waals surface area contributed by atoms with E-state index in [-0.39, 0.29) is 0 Å². The molecule has 1 N–H and O–H groups in total. The molecular weight excluding hydrogens is 390 g/mol. The molecule has 3 aromatic carbocycles. The second-order valence-corrected chi connectivity index (χ2v) is 9.30. The largest absolute Gasteiger partial charge is 0.479 e. The van der Waals surface area contributed by atoms with Crippen LogP contribution in [0.3, 0.4) is 0 Å². The number of nitrogens with zero attached hydrogens (tertiary/aromatic N) is 1. The molecule has 0 saturated heterocycles. The number of thiophene rings is 1. The third-order valence-corrected chi connectivity index (χ3v) is 7.73. The monoisotopic (exact) mass is 407 g/mol. The van der Waals surface area contributed by atoms with E-state index in [1.807, 2.05) is 36.4 Å². The van der Waals surface area contributed by atoms with Crippen molar-refractivity contribution in [3.63, 3.8) is 0 Å². The molecule has 0 spiro atoms. The first-order valence-electron chi connectivity index (χ1n) is 8.65. The van der Waals surface area contributed by atoms with Crippen molar-refractivity contribution in [1.82, 2.24) is 0 Å². The zero-order chi connectivity index (χ0) is 19.6. The molecule has 0 aliphatic carbocycles. The van der Waals surface area contributed by atoms with Gasteiger partial charge >= 0.3 is 5.97 Å². The summed E-state index contributed by atoms with van der Waals surface area (Å²) in [5.41, 5.74) is 0.563. The van der Waals surface area contributed by atoms with Gasteiger partial charge in [0.25, 0.3) is 0 Å². The number of fused-ring (bicyclic) bond motifs is 1. The van der Waals surface area contributed by atoms with Crippen LogP contribution in [0.15, 0.2) is 104 Å². The number of benzene rings is 3. The highest BCUT2D eigenvalue weighted by atomic mass is 32.2. The molecule has 1 unspecified atom stereocenters. The number of carboxylic acid groups (broad SMARTS) is 1. The van der Waals surface area contributed by atoms with Gasteiger partial charge < -0.3 is 5.11 Å². The average molecular weight is 408 g/mol. The maximum absolute atomic E-state index is 14.1. The number of carbonyl (C=O) groups is 1. The number of hydrogen-bond acceptors (Lipinski definition) is 4. The van der Waals surface area contributed by atoms with E-state index in [1.54, 1.807) is 53.9 Å². The smallest absolute Gasteiger partial charge is 0.333 e. The fourth-order valence-electron chi connectivity index (χ4n) is 3.06. The molecule has 0 amide bonds. The SMILES string of the molecule is O=C(O)C(N=S(=O)(c1ccccc1)c1ccccc1)c1csc2ccccc12. The summed E-state index contributed by atoms with van der Waals surface area (Å²) in [5, 5.41) is 12.6. The summed E-state index contributed by atoms with van der Waals surface area (Å²) in [6.45, 7) is 0. The standard InChI is InChI=1S/C22H17NO3S2/c24-22(25)21(19-15-27-20-14-8-7-13-18(19)20)23-28(26,16-9-3-1-4-10-16)17-11-5-2-6-12-17/h1-15,21H,(H,24,25). The Bertz CT molecular complexity index is 1200. The molecular formula is C22H17NO3S2. The number of carboxylic acids is 1. The van der Waals surface area contributed by atoms with Crippen molar-refractivity contribution < 1.29 is 14.1 Å². The van der Waals surface area contributed by atoms with Crippen molar-refractivity contribution in [2.45, 2.75) is 15.8 Å². The van der Waals surface area contributed by atoms with Gasteiger partial charge in [-0.15, -0.1) is 11.3 Å². The number of hydrogen-bond donors (Lipinski definition) is 1. The lowest BCUT2D eigenvalue weighted by Crippen LogP contribution is -2.13. The van der Waals surface area contributed by atoms with Crippen LogP contribution in [0.4, 0.5) is 0 Å². The Hall–Kier alpha value is -2.96. The van der Waals surface area contributed by atoms with Crippen molar-refractivity contribution in [3.8, 4) is 0 Å². The molecule has 4 rings (SSSR count). The molecule has 1 aromatic heterocycles. The van der Waals surface area contributed by atoms with Crippen molar-refractivity contribution in [1.29, 1.82) is 0 Å². The summed E-state index contributed by atoms with van der Waals surface area (Å²) in [4.78, 5) is 13.2. The Morgan fingerprint density at radius 2 is 1.39 bits per heavy atom. The molecule has 0 bridgehead atoms. The zero-order valence-electron chi connectivity index (χ0n) is 14.8. The van der Waals surface area contributed by atoms with E-state index in [0.29, 0.717) is 15.4 Å². The highest BCUT2D eigenvalue weighted by Crippen LogP contribution is 2.35. The lowest BCUT2D eigenvalue weighted by Gasteiger charge is -2.15. The van der Waals surface area contributed by atoms with Crippen molar-refractivity contribution in [2.75, 3.05) is 0 Å². The predicted octanol–water partition coefficient (Wildman–Crippen LogP) is 5.61. The minimum absolute atomic E-state index is 0.493. The van der Waals surface area contributed by atoms with Gasteiger partial charge in [-0.05, 0) is 41.1 Å². The molecule has 4 nitrogen and oxygen atoms in total. The minimum Gasteiger partial charge on any atom is -0.479 e. The van der Waals surface area contributed by atoms with Crippen LogP contribution in [0.1, 0.15) is 11.6 Å². The molecule has 0 radical (unpaired) electrons. The maximum Gasteiger partial charge on any atom is 0.333 e. The van der Waals surface area contributed by atoms with Crippen molar-refractivity contribution >= 4 is 37.1 Å². The third kappa shape index (κ3) is 3.32. The molecule has 28 heavy (non-hydrogen) atoms. The van der Waals surface area contributed by atoms with Gasteiger partial charge in [0.05, 0.1) is 9.79 Å². The van der Waals surface area contributed by atoms with Crippen LogP contribution in [0, 0.1) is 0 Å². The second-order valence-electron chi connectivity index (χ2n) is 6.19. The maximum atomic E-state index is 14.1. The van der Waals surface area contributed by atoms with E-state index >= 15 is 0 Å². The Balaban J connectivity index is 1.99. The normalized spacial score (nSPS) is 12.6. The highest BCUT2D eigenvalue weighted by Gasteiger charge is 2.27. The fourth-order valence-corrected chi connectivity index (χ4v) is 6.11. The van der Waals surface area contributed by atoms with Crippen LogP contribution in [0.2, 0.25) is 0 Å². The van der Waals surface area contributed by atoms with Gasteiger partial charge in [-0.2, -0.15) is 0 Å². The quantitative estimate of drug-likeness (QED) is 0.467. The molecule has 4 aromatic rings. The predicted molar refractivity (Wildman–Crippen MR) is 112 cm³/mol. The van der Waals surface area contributed by atoms with Crippen LogP contribution < -0.4 is 0 Å². The first-order valence-corrected chi connectivity index (χ1v) is 11.0. The van der Waals surface area contributed by atoms with Gasteiger partial charge in [0, 0.05) is 10.3 Å². The van der Waals surface area contributed by atoms with Crippen molar-refractivity contribution in [2.24, 2.45) is 4.36 Å². The molecule has 0 saturated carbocycles. The number of rotatable bonds is 5. The zero-order valence-corrected chi connectivity index (χ0v) is 16.4. The molecule has 0 fully saturated rings. The fraction of sp³-hybridized carbons (Fsp3) is 0.0455. The second kappa shape index (κ2) is 7.58. The van der Waals surface area contributed by atoms with Crippen LogP contribution in [0.25, 0.3) is 10.1 Å². The van der Waals surface area contributed by atoms with Crippen LogP contribution in [-0.2, 0) is 14.5 Å².